The number of hydrogen-bond donors (Lipinski definition) is 1. The number of aryl methyl sites for hydroxylation is 1. The van der Waals surface area contributed by atoms with E-state index in [1.54, 1.807) is 48.1 Å². The Bertz CT molecular complexity index is 1400. The third kappa shape index (κ3) is 4.95. The number of amides is 1. The topological polar surface area (TPSA) is 117 Å². The minimum atomic E-state index is -2.78. The number of hydrogen-bond acceptors (Lipinski definition) is 6. The number of halogens is 1. The van der Waals surface area contributed by atoms with Crippen LogP contribution in [0.15, 0.2) is 67.3 Å². The summed E-state index contributed by atoms with van der Waals surface area (Å²) in [4.78, 5) is 30.2. The molecule has 2 heterocycles. The summed E-state index contributed by atoms with van der Waals surface area (Å²) in [5.41, 5.74) is 2.56. The number of carbonyl (C=O) groups is 1. The molecule has 0 saturated heterocycles. The maximum Gasteiger partial charge on any atom is 0.257 e. The number of benzene rings is 1. The zero-order valence-corrected chi connectivity index (χ0v) is 20.0. The zero-order valence-electron chi connectivity index (χ0n) is 17.6. The van der Waals surface area contributed by atoms with Crippen molar-refractivity contribution in [1.29, 1.82) is 5.26 Å². The maximum atomic E-state index is 12.8. The molecule has 0 fully saturated rings. The van der Waals surface area contributed by atoms with Gasteiger partial charge in [-0.2, -0.15) is 5.26 Å². The predicted molar refractivity (Wildman–Crippen MR) is 125 cm³/mol. The Labute approximate surface area is 194 Å². The van der Waals surface area contributed by atoms with Crippen LogP contribution in [-0.4, -0.2) is 25.9 Å². The highest BCUT2D eigenvalue weighted by Crippen LogP contribution is 2.18. The molecule has 0 saturated carbocycles. The number of nitriles is 1. The van der Waals surface area contributed by atoms with Gasteiger partial charge in [-0.05, 0) is 59.6 Å². The molecule has 1 N–H and O–H groups in total. The fourth-order valence-corrected chi connectivity index (χ4v) is 4.28. The molecule has 10 heteroatoms. The molecule has 0 radical (unpaired) electrons. The number of aromatic nitrogens is 2. The van der Waals surface area contributed by atoms with Gasteiger partial charge in [-0.1, -0.05) is 12.1 Å². The van der Waals surface area contributed by atoms with E-state index in [1.165, 1.54) is 12.5 Å². The van der Waals surface area contributed by atoms with E-state index < -0.39 is 21.1 Å². The van der Waals surface area contributed by atoms with E-state index in [1.807, 2.05) is 19.1 Å². The van der Waals surface area contributed by atoms with Gasteiger partial charge in [0.2, 0.25) is 11.6 Å². The van der Waals surface area contributed by atoms with Crippen molar-refractivity contribution in [2.75, 3.05) is 6.26 Å². The Morgan fingerprint density at radius 1 is 1.25 bits per heavy atom. The largest absolute Gasteiger partial charge is 0.348 e. The molecule has 0 aliphatic rings. The normalized spacial score (nSPS) is 12.5. The quantitative estimate of drug-likeness (QED) is 0.524. The second kappa shape index (κ2) is 9.46. The second-order valence-corrected chi connectivity index (χ2v) is 10.2. The molecule has 0 spiro atoms. The van der Waals surface area contributed by atoms with Crippen LogP contribution in [0.5, 0.6) is 0 Å². The lowest BCUT2D eigenvalue weighted by molar-refractivity contribution is 0.0949. The molecule has 164 valence electrons. The first kappa shape index (κ1) is 23.4. The summed E-state index contributed by atoms with van der Waals surface area (Å²) in [6.07, 6.45) is 6.13. The Hall–Kier alpha value is -3.29. The average molecular weight is 514 g/mol. The third-order valence-electron chi connectivity index (χ3n) is 4.83. The predicted octanol–water partition coefficient (Wildman–Crippen LogP) is 3.48. The van der Waals surface area contributed by atoms with Crippen LogP contribution in [0.4, 0.5) is 0 Å². The Morgan fingerprint density at radius 2 is 1.94 bits per heavy atom. The first-order chi connectivity index (χ1) is 15.1. The van der Waals surface area contributed by atoms with E-state index in [2.05, 4.69) is 30.6 Å². The monoisotopic (exact) mass is 513 g/mol. The molecule has 0 bridgehead atoms. The summed E-state index contributed by atoms with van der Waals surface area (Å²) in [6, 6.07) is 10.3. The van der Waals surface area contributed by atoms with Gasteiger partial charge in [0.25, 0.3) is 5.91 Å². The SMILES string of the molecule is Cc1ccc(-n2cc(C(=O)NCc3ccc(S(C)(=O)=NC#N)cc3)c(=O)c(Br)c2C)cn1. The van der Waals surface area contributed by atoms with E-state index >= 15 is 0 Å². The highest BCUT2D eigenvalue weighted by molar-refractivity contribution is 9.10. The van der Waals surface area contributed by atoms with E-state index in [-0.39, 0.29) is 12.1 Å². The van der Waals surface area contributed by atoms with Crippen LogP contribution in [0.3, 0.4) is 0 Å². The van der Waals surface area contributed by atoms with Gasteiger partial charge in [0.1, 0.15) is 5.56 Å². The number of rotatable bonds is 5. The highest BCUT2D eigenvalue weighted by Gasteiger charge is 2.17. The van der Waals surface area contributed by atoms with Crippen molar-refractivity contribution in [3.05, 3.63) is 86.0 Å². The Balaban J connectivity index is 1.85. The number of pyridine rings is 2. The molecular formula is C22H20BrN5O3S. The van der Waals surface area contributed by atoms with Crippen LogP contribution in [0, 0.1) is 25.3 Å². The lowest BCUT2D eigenvalue weighted by atomic mass is 10.2. The van der Waals surface area contributed by atoms with E-state index in [9.17, 15) is 13.8 Å². The lowest BCUT2D eigenvalue weighted by Crippen LogP contribution is -2.30. The first-order valence-electron chi connectivity index (χ1n) is 9.46. The van der Waals surface area contributed by atoms with E-state index in [0.29, 0.717) is 15.1 Å². The molecule has 1 amide bonds. The smallest absolute Gasteiger partial charge is 0.257 e. The summed E-state index contributed by atoms with van der Waals surface area (Å²) in [6.45, 7) is 3.82. The van der Waals surface area contributed by atoms with Crippen molar-refractivity contribution >= 4 is 31.6 Å². The minimum Gasteiger partial charge on any atom is -0.348 e. The Kier molecular flexibility index (Phi) is 6.91. The summed E-state index contributed by atoms with van der Waals surface area (Å²) < 4.78 is 17.8. The van der Waals surface area contributed by atoms with Gasteiger partial charge < -0.3 is 9.88 Å². The summed E-state index contributed by atoms with van der Waals surface area (Å²) in [5.74, 6) is -0.521. The molecule has 1 atom stereocenters. The van der Waals surface area contributed by atoms with Gasteiger partial charge in [-0.15, -0.1) is 4.36 Å². The summed E-state index contributed by atoms with van der Waals surface area (Å²) in [7, 11) is -2.78. The number of nitrogens with zero attached hydrogens (tertiary/aromatic N) is 4. The van der Waals surface area contributed by atoms with Crippen LogP contribution in [0.1, 0.15) is 27.3 Å². The van der Waals surface area contributed by atoms with Gasteiger partial charge in [-0.3, -0.25) is 14.6 Å². The standard InChI is InChI=1S/C22H20BrN5O3S/c1-14-4-7-17(11-25-14)28-12-19(21(29)20(23)15(28)2)22(30)26-10-16-5-8-18(9-6-16)32(3,31)27-13-24/h4-9,11-12H,10H2,1-3H3,(H,26,30). The van der Waals surface area contributed by atoms with Crippen LogP contribution in [0.25, 0.3) is 5.69 Å². The molecule has 3 aromatic rings. The number of nitrogens with one attached hydrogen (secondary N) is 1. The molecule has 32 heavy (non-hydrogen) atoms. The zero-order chi connectivity index (χ0) is 23.5. The van der Waals surface area contributed by atoms with E-state index in [0.717, 1.165) is 16.9 Å². The van der Waals surface area contributed by atoms with Gasteiger partial charge >= 0.3 is 0 Å². The second-order valence-electron chi connectivity index (χ2n) is 7.12. The van der Waals surface area contributed by atoms with Crippen LogP contribution in [0.2, 0.25) is 0 Å². The molecule has 2 aromatic heterocycles. The van der Waals surface area contributed by atoms with E-state index in [4.69, 9.17) is 5.26 Å². The fraction of sp³-hybridized carbons (Fsp3) is 0.182. The average Bonchev–Trinajstić information content (AvgIpc) is 2.77. The van der Waals surface area contributed by atoms with Crippen molar-refractivity contribution in [3.8, 4) is 11.9 Å². The third-order valence-corrected chi connectivity index (χ3v) is 7.34. The van der Waals surface area contributed by atoms with Crippen molar-refractivity contribution in [3.63, 3.8) is 0 Å². The highest BCUT2D eigenvalue weighted by atomic mass is 79.9. The maximum absolute atomic E-state index is 12.8. The van der Waals surface area contributed by atoms with Crippen molar-refractivity contribution in [2.45, 2.75) is 25.3 Å². The molecular weight excluding hydrogens is 494 g/mol. The first-order valence-corrected chi connectivity index (χ1v) is 12.2. The fourth-order valence-electron chi connectivity index (χ4n) is 2.97. The van der Waals surface area contributed by atoms with Crippen LogP contribution >= 0.6 is 15.9 Å². The molecule has 3 rings (SSSR count). The van der Waals surface area contributed by atoms with Gasteiger partial charge in [0, 0.05) is 35.3 Å². The molecule has 0 aliphatic carbocycles. The molecule has 1 unspecified atom stereocenters. The lowest BCUT2D eigenvalue weighted by Gasteiger charge is -2.14. The summed E-state index contributed by atoms with van der Waals surface area (Å²) >= 11 is 3.30. The van der Waals surface area contributed by atoms with Gasteiger partial charge in [0.05, 0.1) is 26.1 Å². The minimum absolute atomic E-state index is 0.0101. The van der Waals surface area contributed by atoms with Crippen molar-refractivity contribution in [1.82, 2.24) is 14.9 Å². The summed E-state index contributed by atoms with van der Waals surface area (Å²) in [5, 5.41) is 11.4. The van der Waals surface area contributed by atoms with Crippen molar-refractivity contribution < 1.29 is 9.00 Å². The number of carbonyl (C=O) groups excluding carboxylic acids is 1. The Morgan fingerprint density at radius 3 is 2.53 bits per heavy atom. The van der Waals surface area contributed by atoms with Gasteiger partial charge in [0.15, 0.2) is 0 Å². The van der Waals surface area contributed by atoms with Crippen molar-refractivity contribution in [2.24, 2.45) is 4.36 Å². The molecule has 0 aliphatic heterocycles. The van der Waals surface area contributed by atoms with Crippen LogP contribution < -0.4 is 10.7 Å². The van der Waals surface area contributed by atoms with Crippen LogP contribution in [-0.2, 0) is 16.3 Å². The van der Waals surface area contributed by atoms with Gasteiger partial charge in [-0.25, -0.2) is 4.21 Å². The molecule has 8 nitrogen and oxygen atoms in total. The molecule has 1 aromatic carbocycles.